The topological polar surface area (TPSA) is 40.1 Å². The number of hydrogen-bond acceptors (Lipinski definition) is 3. The van der Waals surface area contributed by atoms with E-state index in [-0.39, 0.29) is 35.9 Å². The van der Waals surface area contributed by atoms with Crippen LogP contribution in [0.1, 0.15) is 11.1 Å². The van der Waals surface area contributed by atoms with E-state index in [1.807, 2.05) is 19.2 Å². The molecule has 1 N–H and O–H groups in total. The number of fused-ring (bicyclic) bond motifs is 1. The molecule has 0 saturated carbocycles. The number of hydrogen-bond donors (Lipinski definition) is 1. The summed E-state index contributed by atoms with van der Waals surface area (Å²) in [5.74, 6) is 0.710. The molecule has 7 heteroatoms. The molecular formula is C23H30FIN4O. The van der Waals surface area contributed by atoms with E-state index in [1.165, 1.54) is 17.7 Å². The SMILES string of the molecule is CN=C(NCCc1ccc(F)cc1)N1CC2OCCN(Cc3ccccc3)C2C1.I. The normalized spacial score (nSPS) is 21.8. The van der Waals surface area contributed by atoms with Crippen LogP contribution in [0, 0.1) is 5.82 Å². The molecular weight excluding hydrogens is 494 g/mol. The molecule has 30 heavy (non-hydrogen) atoms. The molecule has 2 aliphatic rings. The Hall–Kier alpha value is -1.71. The zero-order valence-electron chi connectivity index (χ0n) is 17.3. The summed E-state index contributed by atoms with van der Waals surface area (Å²) >= 11 is 0. The van der Waals surface area contributed by atoms with Gasteiger partial charge in [-0.2, -0.15) is 0 Å². The molecule has 2 unspecified atom stereocenters. The first-order chi connectivity index (χ1) is 14.2. The highest BCUT2D eigenvalue weighted by molar-refractivity contribution is 14.0. The van der Waals surface area contributed by atoms with Gasteiger partial charge in [0, 0.05) is 39.8 Å². The van der Waals surface area contributed by atoms with Gasteiger partial charge < -0.3 is 15.0 Å². The average molecular weight is 524 g/mol. The third-order valence-electron chi connectivity index (χ3n) is 5.77. The smallest absolute Gasteiger partial charge is 0.193 e. The molecule has 0 amide bonds. The fourth-order valence-electron chi connectivity index (χ4n) is 4.25. The van der Waals surface area contributed by atoms with Crippen molar-refractivity contribution in [2.75, 3.05) is 39.8 Å². The maximum Gasteiger partial charge on any atom is 0.193 e. The lowest BCUT2D eigenvalue weighted by Gasteiger charge is -2.36. The van der Waals surface area contributed by atoms with Crippen molar-refractivity contribution >= 4 is 29.9 Å². The summed E-state index contributed by atoms with van der Waals surface area (Å²) in [6, 6.07) is 17.7. The Kier molecular flexibility index (Phi) is 8.47. The van der Waals surface area contributed by atoms with E-state index in [9.17, 15) is 4.39 Å². The van der Waals surface area contributed by atoms with E-state index >= 15 is 0 Å². The number of nitrogens with one attached hydrogen (secondary N) is 1. The highest BCUT2D eigenvalue weighted by atomic mass is 127. The maximum atomic E-state index is 13.1. The molecule has 5 nitrogen and oxygen atoms in total. The zero-order chi connectivity index (χ0) is 20.1. The number of aliphatic imine (C=N–C) groups is 1. The molecule has 2 aliphatic heterocycles. The molecule has 162 valence electrons. The van der Waals surface area contributed by atoms with Gasteiger partial charge in [0.15, 0.2) is 5.96 Å². The van der Waals surface area contributed by atoms with Crippen molar-refractivity contribution in [3.05, 3.63) is 71.5 Å². The molecule has 2 saturated heterocycles. The minimum atomic E-state index is -0.197. The first-order valence-electron chi connectivity index (χ1n) is 10.3. The first kappa shape index (κ1) is 23.0. The van der Waals surface area contributed by atoms with Crippen LogP contribution in [-0.4, -0.2) is 67.7 Å². The van der Waals surface area contributed by atoms with Gasteiger partial charge in [-0.15, -0.1) is 24.0 Å². The lowest BCUT2D eigenvalue weighted by Crippen LogP contribution is -2.50. The monoisotopic (exact) mass is 524 g/mol. The Labute approximate surface area is 195 Å². The van der Waals surface area contributed by atoms with Crippen LogP contribution in [0.3, 0.4) is 0 Å². The molecule has 0 radical (unpaired) electrons. The standard InChI is InChI=1S/C23H29FN4O.HI/c1-25-23(26-12-11-18-7-9-20(24)10-8-18)28-16-21-22(17-28)29-14-13-27(21)15-19-5-3-2-4-6-19;/h2-10,21-22H,11-17H2,1H3,(H,25,26);1H. The van der Waals surface area contributed by atoms with Gasteiger partial charge in [0.05, 0.1) is 18.8 Å². The second-order valence-electron chi connectivity index (χ2n) is 7.69. The summed E-state index contributed by atoms with van der Waals surface area (Å²) in [7, 11) is 1.82. The van der Waals surface area contributed by atoms with Crippen molar-refractivity contribution in [2.24, 2.45) is 4.99 Å². The van der Waals surface area contributed by atoms with Crippen LogP contribution in [0.2, 0.25) is 0 Å². The summed E-state index contributed by atoms with van der Waals surface area (Å²) < 4.78 is 19.1. The number of ether oxygens (including phenoxy) is 1. The summed E-state index contributed by atoms with van der Waals surface area (Å²) in [6.45, 7) is 5.22. The second kappa shape index (κ2) is 11.1. The number of morpholine rings is 1. The number of benzene rings is 2. The Morgan fingerprint density at radius 1 is 1.10 bits per heavy atom. The van der Waals surface area contributed by atoms with Gasteiger partial charge in [0.2, 0.25) is 0 Å². The van der Waals surface area contributed by atoms with E-state index in [2.05, 4.69) is 50.4 Å². The molecule has 2 heterocycles. The summed E-state index contributed by atoms with van der Waals surface area (Å²) in [5, 5.41) is 3.46. The highest BCUT2D eigenvalue weighted by Crippen LogP contribution is 2.24. The predicted molar refractivity (Wildman–Crippen MR) is 129 cm³/mol. The summed E-state index contributed by atoms with van der Waals surface area (Å²) in [5.41, 5.74) is 2.45. The van der Waals surface area contributed by atoms with Crippen LogP contribution in [0.4, 0.5) is 4.39 Å². The minimum Gasteiger partial charge on any atom is -0.373 e. The van der Waals surface area contributed by atoms with Crippen molar-refractivity contribution in [1.29, 1.82) is 0 Å². The maximum absolute atomic E-state index is 13.1. The lowest BCUT2D eigenvalue weighted by atomic mass is 10.1. The fraction of sp³-hybridized carbons (Fsp3) is 0.435. The van der Waals surface area contributed by atoms with Crippen LogP contribution in [0.15, 0.2) is 59.6 Å². The second-order valence-corrected chi connectivity index (χ2v) is 7.69. The van der Waals surface area contributed by atoms with Gasteiger partial charge in [0.1, 0.15) is 5.82 Å². The van der Waals surface area contributed by atoms with E-state index < -0.39 is 0 Å². The van der Waals surface area contributed by atoms with Crippen LogP contribution in [0.5, 0.6) is 0 Å². The Morgan fingerprint density at radius 2 is 1.87 bits per heavy atom. The molecule has 4 rings (SSSR count). The van der Waals surface area contributed by atoms with E-state index in [0.29, 0.717) is 6.04 Å². The van der Waals surface area contributed by atoms with Crippen LogP contribution in [-0.2, 0) is 17.7 Å². The van der Waals surface area contributed by atoms with Crippen molar-refractivity contribution in [1.82, 2.24) is 15.1 Å². The predicted octanol–water partition coefficient (Wildman–Crippen LogP) is 3.15. The van der Waals surface area contributed by atoms with Gasteiger partial charge >= 0.3 is 0 Å². The van der Waals surface area contributed by atoms with Crippen molar-refractivity contribution in [2.45, 2.75) is 25.1 Å². The van der Waals surface area contributed by atoms with Crippen molar-refractivity contribution < 1.29 is 9.13 Å². The van der Waals surface area contributed by atoms with Crippen molar-refractivity contribution in [3.63, 3.8) is 0 Å². The van der Waals surface area contributed by atoms with E-state index in [0.717, 1.165) is 57.3 Å². The Morgan fingerprint density at radius 3 is 2.60 bits per heavy atom. The number of rotatable bonds is 5. The molecule has 0 spiro atoms. The molecule has 2 atom stereocenters. The van der Waals surface area contributed by atoms with E-state index in [1.54, 1.807) is 0 Å². The number of nitrogens with zero attached hydrogens (tertiary/aromatic N) is 3. The molecule has 2 fully saturated rings. The van der Waals surface area contributed by atoms with Gasteiger partial charge in [-0.3, -0.25) is 9.89 Å². The third-order valence-corrected chi connectivity index (χ3v) is 5.77. The average Bonchev–Trinajstić information content (AvgIpc) is 3.18. The van der Waals surface area contributed by atoms with Gasteiger partial charge in [-0.25, -0.2) is 4.39 Å². The molecule has 0 bridgehead atoms. The summed E-state index contributed by atoms with van der Waals surface area (Å²) in [4.78, 5) is 9.31. The van der Waals surface area contributed by atoms with Gasteiger partial charge in [-0.05, 0) is 29.7 Å². The van der Waals surface area contributed by atoms with Gasteiger partial charge in [-0.1, -0.05) is 42.5 Å². The Balaban J connectivity index is 0.00000256. The third kappa shape index (κ3) is 5.70. The first-order valence-corrected chi connectivity index (χ1v) is 10.3. The molecule has 0 aliphatic carbocycles. The summed E-state index contributed by atoms with van der Waals surface area (Å²) in [6.07, 6.45) is 1.04. The highest BCUT2D eigenvalue weighted by Gasteiger charge is 2.41. The quantitative estimate of drug-likeness (QED) is 0.371. The molecule has 2 aromatic carbocycles. The van der Waals surface area contributed by atoms with Crippen molar-refractivity contribution in [3.8, 4) is 0 Å². The fourth-order valence-corrected chi connectivity index (χ4v) is 4.25. The van der Waals surface area contributed by atoms with Gasteiger partial charge in [0.25, 0.3) is 0 Å². The molecule has 0 aromatic heterocycles. The number of halogens is 2. The molecule has 2 aromatic rings. The van der Waals surface area contributed by atoms with Crippen LogP contribution >= 0.6 is 24.0 Å². The van der Waals surface area contributed by atoms with Crippen LogP contribution in [0.25, 0.3) is 0 Å². The van der Waals surface area contributed by atoms with E-state index in [4.69, 9.17) is 4.74 Å². The lowest BCUT2D eigenvalue weighted by molar-refractivity contribution is -0.0502. The zero-order valence-corrected chi connectivity index (χ0v) is 19.7. The van der Waals surface area contributed by atoms with Crippen LogP contribution < -0.4 is 5.32 Å². The Bertz CT molecular complexity index is 818. The largest absolute Gasteiger partial charge is 0.373 e. The minimum absolute atomic E-state index is 0. The number of likely N-dealkylation sites (tertiary alicyclic amines) is 1. The number of guanidine groups is 1.